The van der Waals surface area contributed by atoms with Crippen molar-refractivity contribution in [2.45, 2.75) is 25.8 Å². The molecule has 5 heteroatoms. The molecule has 19 heavy (non-hydrogen) atoms. The Morgan fingerprint density at radius 1 is 1.37 bits per heavy atom. The highest BCUT2D eigenvalue weighted by molar-refractivity contribution is 5.90. The number of H-pyrrole nitrogens is 1. The van der Waals surface area contributed by atoms with E-state index in [1.807, 2.05) is 30.3 Å². The summed E-state index contributed by atoms with van der Waals surface area (Å²) in [5.41, 5.74) is 1.14. The Labute approximate surface area is 111 Å². The largest absolute Gasteiger partial charge is 0.342 e. The molecule has 0 radical (unpaired) electrons. The summed E-state index contributed by atoms with van der Waals surface area (Å²) in [6.07, 6.45) is 2.32. The second-order valence-corrected chi connectivity index (χ2v) is 4.94. The predicted octanol–water partition coefficient (Wildman–Crippen LogP) is 1.99. The fourth-order valence-corrected chi connectivity index (χ4v) is 2.21. The van der Waals surface area contributed by atoms with Crippen LogP contribution in [0.25, 0.3) is 0 Å². The topological polar surface area (TPSA) is 70.7 Å². The zero-order chi connectivity index (χ0) is 13.2. The van der Waals surface area contributed by atoms with Gasteiger partial charge < -0.3 is 5.32 Å². The molecule has 1 aliphatic carbocycles. The van der Waals surface area contributed by atoms with Crippen molar-refractivity contribution in [1.29, 1.82) is 0 Å². The van der Waals surface area contributed by atoms with Crippen LogP contribution in [0.5, 0.6) is 0 Å². The lowest BCUT2D eigenvalue weighted by Gasteiger charge is -2.17. The van der Waals surface area contributed by atoms with E-state index in [0.717, 1.165) is 18.4 Å². The molecular weight excluding hydrogens is 240 g/mol. The van der Waals surface area contributed by atoms with Gasteiger partial charge in [0.1, 0.15) is 5.82 Å². The Morgan fingerprint density at radius 2 is 2.11 bits per heavy atom. The number of aromatic amines is 1. The summed E-state index contributed by atoms with van der Waals surface area (Å²) in [5, 5.41) is 9.62. The summed E-state index contributed by atoms with van der Waals surface area (Å²) < 4.78 is 0. The highest BCUT2D eigenvalue weighted by Gasteiger charge is 2.34. The lowest BCUT2D eigenvalue weighted by molar-refractivity contribution is 0.0921. The van der Waals surface area contributed by atoms with E-state index >= 15 is 0 Å². The van der Waals surface area contributed by atoms with Gasteiger partial charge in [-0.2, -0.15) is 0 Å². The number of hydrogen-bond donors (Lipinski definition) is 2. The summed E-state index contributed by atoms with van der Waals surface area (Å²) in [7, 11) is 0. The van der Waals surface area contributed by atoms with Crippen molar-refractivity contribution in [1.82, 2.24) is 20.5 Å². The molecule has 1 saturated carbocycles. The van der Waals surface area contributed by atoms with Crippen LogP contribution in [0.4, 0.5) is 0 Å². The molecule has 1 fully saturated rings. The predicted molar refractivity (Wildman–Crippen MR) is 70.5 cm³/mol. The SMILES string of the molecule is Cc1nc(C(=O)NC(c2ccccc2)C2CC2)n[nH]1. The molecule has 1 aliphatic rings. The maximum atomic E-state index is 12.1. The maximum Gasteiger partial charge on any atom is 0.291 e. The lowest BCUT2D eigenvalue weighted by Crippen LogP contribution is -2.30. The third-order valence-corrected chi connectivity index (χ3v) is 3.34. The molecule has 1 atom stereocenters. The lowest BCUT2D eigenvalue weighted by atomic mass is 10.0. The molecular formula is C14H16N4O. The first-order chi connectivity index (χ1) is 9.24. The van der Waals surface area contributed by atoms with Crippen LogP contribution in [0.1, 0.15) is 40.9 Å². The van der Waals surface area contributed by atoms with Crippen LogP contribution >= 0.6 is 0 Å². The Balaban J connectivity index is 1.77. The smallest absolute Gasteiger partial charge is 0.291 e. The van der Waals surface area contributed by atoms with Crippen molar-refractivity contribution in [2.24, 2.45) is 5.92 Å². The van der Waals surface area contributed by atoms with Crippen molar-refractivity contribution in [3.8, 4) is 0 Å². The molecule has 0 bridgehead atoms. The van der Waals surface area contributed by atoms with Gasteiger partial charge in [-0.15, -0.1) is 5.10 Å². The monoisotopic (exact) mass is 256 g/mol. The van der Waals surface area contributed by atoms with E-state index in [2.05, 4.69) is 20.5 Å². The van der Waals surface area contributed by atoms with E-state index < -0.39 is 0 Å². The number of aryl methyl sites for hydroxylation is 1. The number of benzene rings is 1. The average Bonchev–Trinajstić information content (AvgIpc) is 3.18. The fourth-order valence-electron chi connectivity index (χ4n) is 2.21. The molecule has 98 valence electrons. The van der Waals surface area contributed by atoms with Crippen molar-refractivity contribution < 1.29 is 4.79 Å². The molecule has 1 amide bonds. The second kappa shape index (κ2) is 4.84. The molecule has 1 heterocycles. The van der Waals surface area contributed by atoms with Crippen molar-refractivity contribution >= 4 is 5.91 Å². The second-order valence-electron chi connectivity index (χ2n) is 4.94. The van der Waals surface area contributed by atoms with Gasteiger partial charge in [0.25, 0.3) is 5.91 Å². The van der Waals surface area contributed by atoms with E-state index in [0.29, 0.717) is 11.7 Å². The van der Waals surface area contributed by atoms with Gasteiger partial charge in [0.2, 0.25) is 5.82 Å². The number of nitrogens with one attached hydrogen (secondary N) is 2. The minimum Gasteiger partial charge on any atom is -0.342 e. The number of aromatic nitrogens is 3. The molecule has 0 spiro atoms. The zero-order valence-corrected chi connectivity index (χ0v) is 10.8. The molecule has 3 rings (SSSR count). The highest BCUT2D eigenvalue weighted by atomic mass is 16.2. The Morgan fingerprint density at radius 3 is 2.68 bits per heavy atom. The number of nitrogens with zero attached hydrogens (tertiary/aromatic N) is 2. The van der Waals surface area contributed by atoms with Crippen LogP contribution in [0.15, 0.2) is 30.3 Å². The van der Waals surface area contributed by atoms with Gasteiger partial charge in [0.05, 0.1) is 6.04 Å². The first-order valence-corrected chi connectivity index (χ1v) is 6.49. The third kappa shape index (κ3) is 2.65. The minimum absolute atomic E-state index is 0.0625. The van der Waals surface area contributed by atoms with Crippen LogP contribution in [0, 0.1) is 12.8 Å². The zero-order valence-electron chi connectivity index (χ0n) is 10.8. The van der Waals surface area contributed by atoms with Gasteiger partial charge in [-0.3, -0.25) is 9.89 Å². The Kier molecular flexibility index (Phi) is 3.03. The average molecular weight is 256 g/mol. The number of carbonyl (C=O) groups is 1. The van der Waals surface area contributed by atoms with Gasteiger partial charge in [-0.05, 0) is 31.2 Å². The van der Waals surface area contributed by atoms with E-state index in [1.165, 1.54) is 0 Å². The molecule has 0 aliphatic heterocycles. The van der Waals surface area contributed by atoms with Crippen molar-refractivity contribution in [2.75, 3.05) is 0 Å². The molecule has 1 unspecified atom stereocenters. The third-order valence-electron chi connectivity index (χ3n) is 3.34. The van der Waals surface area contributed by atoms with Crippen LogP contribution in [0.3, 0.4) is 0 Å². The van der Waals surface area contributed by atoms with Gasteiger partial charge in [0.15, 0.2) is 0 Å². The maximum absolute atomic E-state index is 12.1. The molecule has 1 aromatic carbocycles. The summed E-state index contributed by atoms with van der Waals surface area (Å²) >= 11 is 0. The van der Waals surface area contributed by atoms with Crippen LogP contribution in [-0.4, -0.2) is 21.1 Å². The van der Waals surface area contributed by atoms with E-state index in [9.17, 15) is 4.79 Å². The van der Waals surface area contributed by atoms with Gasteiger partial charge in [-0.25, -0.2) is 4.98 Å². The van der Waals surface area contributed by atoms with Gasteiger partial charge >= 0.3 is 0 Å². The normalized spacial score (nSPS) is 16.1. The van der Waals surface area contributed by atoms with E-state index in [1.54, 1.807) is 6.92 Å². The van der Waals surface area contributed by atoms with Crippen molar-refractivity contribution in [3.63, 3.8) is 0 Å². The van der Waals surface area contributed by atoms with E-state index in [-0.39, 0.29) is 17.8 Å². The number of amides is 1. The van der Waals surface area contributed by atoms with Crippen LogP contribution in [0.2, 0.25) is 0 Å². The number of carbonyl (C=O) groups excluding carboxylic acids is 1. The van der Waals surface area contributed by atoms with Gasteiger partial charge in [-0.1, -0.05) is 30.3 Å². The van der Waals surface area contributed by atoms with Crippen LogP contribution < -0.4 is 5.32 Å². The van der Waals surface area contributed by atoms with Gasteiger partial charge in [0, 0.05) is 0 Å². The standard InChI is InChI=1S/C14H16N4O/c1-9-15-13(18-17-9)14(19)16-12(11-7-8-11)10-5-3-2-4-6-10/h2-6,11-12H,7-8H2,1H3,(H,16,19)(H,15,17,18). The fraction of sp³-hybridized carbons (Fsp3) is 0.357. The first kappa shape index (κ1) is 11.9. The van der Waals surface area contributed by atoms with Crippen molar-refractivity contribution in [3.05, 3.63) is 47.5 Å². The van der Waals surface area contributed by atoms with E-state index in [4.69, 9.17) is 0 Å². The summed E-state index contributed by atoms with van der Waals surface area (Å²) in [4.78, 5) is 16.2. The highest BCUT2D eigenvalue weighted by Crippen LogP contribution is 2.40. The quantitative estimate of drug-likeness (QED) is 0.878. The molecule has 0 saturated heterocycles. The minimum atomic E-state index is -0.217. The molecule has 5 nitrogen and oxygen atoms in total. The molecule has 1 aromatic heterocycles. The summed E-state index contributed by atoms with van der Waals surface area (Å²) in [6, 6.07) is 10.1. The number of hydrogen-bond acceptors (Lipinski definition) is 3. The molecule has 2 N–H and O–H groups in total. The van der Waals surface area contributed by atoms with Crippen LogP contribution in [-0.2, 0) is 0 Å². The number of rotatable bonds is 4. The Hall–Kier alpha value is -2.17. The summed E-state index contributed by atoms with van der Waals surface area (Å²) in [5.74, 6) is 1.17. The molecule has 2 aromatic rings. The Bertz CT molecular complexity index is 574. The summed E-state index contributed by atoms with van der Waals surface area (Å²) in [6.45, 7) is 1.78. The first-order valence-electron chi connectivity index (χ1n) is 6.49.